The van der Waals surface area contributed by atoms with Gasteiger partial charge in [0, 0.05) is 13.0 Å². The third kappa shape index (κ3) is 2.11. The van der Waals surface area contributed by atoms with Gasteiger partial charge in [0.15, 0.2) is 0 Å². The predicted molar refractivity (Wildman–Crippen MR) is 49.5 cm³/mol. The van der Waals surface area contributed by atoms with Crippen LogP contribution in [0.4, 0.5) is 0 Å². The summed E-state index contributed by atoms with van der Waals surface area (Å²) in [6.07, 6.45) is 4.17. The molecule has 1 aliphatic heterocycles. The number of piperidine rings is 1. The molecule has 3 heteroatoms. The van der Waals surface area contributed by atoms with Crippen molar-refractivity contribution in [2.45, 2.75) is 24.9 Å². The standard InChI is InChI=1S/C10H15NO2/c12-10(4-2-5-11-8-10)7-9-3-1-6-13-9/h1,3,6,11-12H,2,4-5,7-8H2. The van der Waals surface area contributed by atoms with E-state index in [1.807, 2.05) is 12.1 Å². The van der Waals surface area contributed by atoms with Gasteiger partial charge in [-0.3, -0.25) is 0 Å². The summed E-state index contributed by atoms with van der Waals surface area (Å²) < 4.78 is 5.21. The van der Waals surface area contributed by atoms with Gasteiger partial charge in [0.05, 0.1) is 11.9 Å². The zero-order chi connectivity index (χ0) is 9.15. The number of hydrogen-bond donors (Lipinski definition) is 2. The van der Waals surface area contributed by atoms with Crippen LogP contribution in [0.1, 0.15) is 18.6 Å². The summed E-state index contributed by atoms with van der Waals surface area (Å²) >= 11 is 0. The Morgan fingerprint density at radius 2 is 2.54 bits per heavy atom. The molecule has 1 aromatic heterocycles. The summed E-state index contributed by atoms with van der Waals surface area (Å²) in [5.41, 5.74) is -0.601. The van der Waals surface area contributed by atoms with Crippen LogP contribution in [-0.4, -0.2) is 23.8 Å². The zero-order valence-corrected chi connectivity index (χ0v) is 7.62. The Bertz CT molecular complexity index is 250. The van der Waals surface area contributed by atoms with Crippen molar-refractivity contribution in [3.05, 3.63) is 24.2 Å². The average molecular weight is 181 g/mol. The summed E-state index contributed by atoms with van der Waals surface area (Å²) in [5, 5.41) is 13.3. The van der Waals surface area contributed by atoms with Crippen LogP contribution in [0.2, 0.25) is 0 Å². The lowest BCUT2D eigenvalue weighted by Gasteiger charge is -2.31. The first-order chi connectivity index (χ1) is 6.29. The Hall–Kier alpha value is -0.800. The molecule has 72 valence electrons. The lowest BCUT2D eigenvalue weighted by atomic mass is 9.90. The monoisotopic (exact) mass is 181 g/mol. The van der Waals surface area contributed by atoms with Crippen molar-refractivity contribution in [2.24, 2.45) is 0 Å². The quantitative estimate of drug-likeness (QED) is 0.713. The molecule has 2 heterocycles. The van der Waals surface area contributed by atoms with E-state index < -0.39 is 5.60 Å². The minimum atomic E-state index is -0.601. The summed E-state index contributed by atoms with van der Waals surface area (Å²) in [4.78, 5) is 0. The van der Waals surface area contributed by atoms with E-state index in [2.05, 4.69) is 5.32 Å². The van der Waals surface area contributed by atoms with E-state index in [1.54, 1.807) is 6.26 Å². The number of aliphatic hydroxyl groups is 1. The van der Waals surface area contributed by atoms with Crippen LogP contribution in [0.3, 0.4) is 0 Å². The number of β-amino-alcohol motifs (C(OH)–C–C–N with tert-alkyl or cyclic N) is 1. The second-order valence-corrected chi connectivity index (χ2v) is 3.76. The van der Waals surface area contributed by atoms with Gasteiger partial charge >= 0.3 is 0 Å². The SMILES string of the molecule is OC1(Cc2ccco2)CCCNC1. The Morgan fingerprint density at radius 3 is 3.15 bits per heavy atom. The highest BCUT2D eigenvalue weighted by atomic mass is 16.3. The fraction of sp³-hybridized carbons (Fsp3) is 0.600. The molecule has 0 saturated carbocycles. The average Bonchev–Trinajstić information content (AvgIpc) is 2.57. The second-order valence-electron chi connectivity index (χ2n) is 3.76. The molecular weight excluding hydrogens is 166 g/mol. The molecule has 3 nitrogen and oxygen atoms in total. The number of hydrogen-bond acceptors (Lipinski definition) is 3. The molecule has 2 N–H and O–H groups in total. The largest absolute Gasteiger partial charge is 0.469 e. The van der Waals surface area contributed by atoms with E-state index in [0.29, 0.717) is 13.0 Å². The molecule has 0 aliphatic carbocycles. The first-order valence-electron chi connectivity index (χ1n) is 4.74. The van der Waals surface area contributed by atoms with Crippen molar-refractivity contribution in [2.75, 3.05) is 13.1 Å². The number of rotatable bonds is 2. The van der Waals surface area contributed by atoms with Gasteiger partial charge in [-0.25, -0.2) is 0 Å². The lowest BCUT2D eigenvalue weighted by Crippen LogP contribution is -2.47. The van der Waals surface area contributed by atoms with Crippen molar-refractivity contribution >= 4 is 0 Å². The Kier molecular flexibility index (Phi) is 2.38. The normalized spacial score (nSPS) is 29.0. The molecule has 0 bridgehead atoms. The van der Waals surface area contributed by atoms with E-state index in [4.69, 9.17) is 4.42 Å². The molecule has 1 atom stereocenters. The summed E-state index contributed by atoms with van der Waals surface area (Å²) in [6.45, 7) is 1.69. The van der Waals surface area contributed by atoms with Crippen LogP contribution >= 0.6 is 0 Å². The van der Waals surface area contributed by atoms with Gasteiger partial charge in [-0.2, -0.15) is 0 Å². The highest BCUT2D eigenvalue weighted by molar-refractivity contribution is 5.04. The molecule has 1 aliphatic rings. The van der Waals surface area contributed by atoms with Gasteiger partial charge in [0.25, 0.3) is 0 Å². The number of nitrogens with one attached hydrogen (secondary N) is 1. The first-order valence-corrected chi connectivity index (χ1v) is 4.74. The van der Waals surface area contributed by atoms with Crippen molar-refractivity contribution in [1.29, 1.82) is 0 Å². The fourth-order valence-electron chi connectivity index (χ4n) is 1.84. The van der Waals surface area contributed by atoms with Gasteiger partial charge in [0.1, 0.15) is 5.76 Å². The summed E-state index contributed by atoms with van der Waals surface area (Å²) in [5.74, 6) is 0.867. The van der Waals surface area contributed by atoms with Crippen molar-refractivity contribution in [3.63, 3.8) is 0 Å². The fourth-order valence-corrected chi connectivity index (χ4v) is 1.84. The van der Waals surface area contributed by atoms with E-state index >= 15 is 0 Å². The van der Waals surface area contributed by atoms with E-state index in [-0.39, 0.29) is 0 Å². The Balaban J connectivity index is 1.99. The molecule has 1 fully saturated rings. The highest BCUT2D eigenvalue weighted by Gasteiger charge is 2.30. The van der Waals surface area contributed by atoms with E-state index in [0.717, 1.165) is 25.1 Å². The molecule has 1 saturated heterocycles. The van der Waals surface area contributed by atoms with Gasteiger partial charge < -0.3 is 14.8 Å². The zero-order valence-electron chi connectivity index (χ0n) is 7.62. The summed E-state index contributed by atoms with van der Waals surface area (Å²) in [6, 6.07) is 3.77. The molecule has 0 aromatic carbocycles. The van der Waals surface area contributed by atoms with Gasteiger partial charge in [-0.15, -0.1) is 0 Å². The molecule has 1 unspecified atom stereocenters. The Morgan fingerprint density at radius 1 is 1.62 bits per heavy atom. The van der Waals surface area contributed by atoms with Crippen molar-refractivity contribution in [1.82, 2.24) is 5.32 Å². The van der Waals surface area contributed by atoms with Crippen molar-refractivity contribution in [3.8, 4) is 0 Å². The van der Waals surface area contributed by atoms with E-state index in [1.165, 1.54) is 0 Å². The maximum atomic E-state index is 10.1. The van der Waals surface area contributed by atoms with E-state index in [9.17, 15) is 5.11 Å². The van der Waals surface area contributed by atoms with Crippen LogP contribution in [0.5, 0.6) is 0 Å². The minimum Gasteiger partial charge on any atom is -0.469 e. The summed E-state index contributed by atoms with van der Waals surface area (Å²) in [7, 11) is 0. The molecule has 0 amide bonds. The van der Waals surface area contributed by atoms with Crippen LogP contribution in [0.25, 0.3) is 0 Å². The van der Waals surface area contributed by atoms with Crippen LogP contribution in [0, 0.1) is 0 Å². The second kappa shape index (κ2) is 3.52. The third-order valence-corrected chi connectivity index (χ3v) is 2.53. The predicted octanol–water partition coefficient (Wildman–Crippen LogP) is 0.937. The number of furan rings is 1. The van der Waals surface area contributed by atoms with Gasteiger partial charge in [-0.1, -0.05) is 0 Å². The Labute approximate surface area is 77.8 Å². The van der Waals surface area contributed by atoms with Gasteiger partial charge in [-0.05, 0) is 31.5 Å². The molecule has 0 radical (unpaired) electrons. The third-order valence-electron chi connectivity index (χ3n) is 2.53. The topological polar surface area (TPSA) is 45.4 Å². The first kappa shape index (κ1) is 8.78. The van der Waals surface area contributed by atoms with Crippen LogP contribution in [-0.2, 0) is 6.42 Å². The highest BCUT2D eigenvalue weighted by Crippen LogP contribution is 2.21. The van der Waals surface area contributed by atoms with Crippen LogP contribution < -0.4 is 5.32 Å². The maximum Gasteiger partial charge on any atom is 0.106 e. The molecule has 0 spiro atoms. The maximum absolute atomic E-state index is 10.1. The molecule has 1 aromatic rings. The minimum absolute atomic E-state index is 0.601. The molecular formula is C10H15NO2. The lowest BCUT2D eigenvalue weighted by molar-refractivity contribution is 0.0126. The molecule has 2 rings (SSSR count). The van der Waals surface area contributed by atoms with Crippen molar-refractivity contribution < 1.29 is 9.52 Å². The molecule has 13 heavy (non-hydrogen) atoms. The van der Waals surface area contributed by atoms with Crippen LogP contribution in [0.15, 0.2) is 22.8 Å². The smallest absolute Gasteiger partial charge is 0.106 e. The van der Waals surface area contributed by atoms with Gasteiger partial charge in [0.2, 0.25) is 0 Å².